The van der Waals surface area contributed by atoms with E-state index in [9.17, 15) is 19.2 Å². The Morgan fingerprint density at radius 3 is 2.24 bits per heavy atom. The van der Waals surface area contributed by atoms with E-state index in [0.717, 1.165) is 11.3 Å². The number of hydrogen-bond donors (Lipinski definition) is 0. The van der Waals surface area contributed by atoms with Crippen LogP contribution in [0.1, 0.15) is 44.9 Å². The molecule has 3 aromatic rings. The van der Waals surface area contributed by atoms with Crippen molar-refractivity contribution in [3.8, 4) is 23.0 Å². The second-order valence-electron chi connectivity index (χ2n) is 8.81. The average molecular weight is 581 g/mol. The molecule has 1 aliphatic rings. The van der Waals surface area contributed by atoms with Gasteiger partial charge in [-0.1, -0.05) is 23.5 Å². The van der Waals surface area contributed by atoms with Crippen LogP contribution in [0.4, 0.5) is 0 Å². The molecular formula is C29H28N2O9S. The van der Waals surface area contributed by atoms with E-state index in [4.69, 9.17) is 23.7 Å². The van der Waals surface area contributed by atoms with Gasteiger partial charge in [0.15, 0.2) is 27.8 Å². The predicted octanol–water partition coefficient (Wildman–Crippen LogP) is 2.67. The monoisotopic (exact) mass is 580 g/mol. The summed E-state index contributed by atoms with van der Waals surface area (Å²) in [5.74, 6) is -0.595. The van der Waals surface area contributed by atoms with Crippen LogP contribution in [0.5, 0.6) is 23.0 Å². The van der Waals surface area contributed by atoms with Gasteiger partial charge in [-0.2, -0.15) is 0 Å². The summed E-state index contributed by atoms with van der Waals surface area (Å²) < 4.78 is 28.3. The maximum atomic E-state index is 13.9. The summed E-state index contributed by atoms with van der Waals surface area (Å²) in [4.78, 5) is 54.7. The van der Waals surface area contributed by atoms with Gasteiger partial charge >= 0.3 is 17.9 Å². The molecule has 2 aromatic carbocycles. The first-order valence-corrected chi connectivity index (χ1v) is 13.3. The van der Waals surface area contributed by atoms with Crippen LogP contribution in [-0.2, 0) is 19.1 Å². The summed E-state index contributed by atoms with van der Waals surface area (Å²) in [6, 6.07) is 8.84. The smallest absolute Gasteiger partial charge is 0.338 e. The average Bonchev–Trinajstić information content (AvgIpc) is 3.22. The van der Waals surface area contributed by atoms with E-state index in [1.165, 1.54) is 38.7 Å². The van der Waals surface area contributed by atoms with Crippen molar-refractivity contribution in [1.29, 1.82) is 0 Å². The Bertz CT molecular complexity index is 1750. The summed E-state index contributed by atoms with van der Waals surface area (Å²) in [6.07, 6.45) is 1.67. The van der Waals surface area contributed by atoms with Gasteiger partial charge in [-0.05, 0) is 55.3 Å². The van der Waals surface area contributed by atoms with E-state index in [0.29, 0.717) is 38.5 Å². The van der Waals surface area contributed by atoms with Gasteiger partial charge in [-0.25, -0.2) is 9.79 Å². The number of esters is 3. The number of carbonyl (C=O) groups excluding carboxylic acids is 3. The number of hydrogen-bond acceptors (Lipinski definition) is 11. The largest absolute Gasteiger partial charge is 0.493 e. The number of fused-ring (bicyclic) bond motifs is 1. The van der Waals surface area contributed by atoms with Crippen LogP contribution in [0.15, 0.2) is 57.5 Å². The number of benzene rings is 2. The molecule has 0 N–H and O–H groups in total. The molecule has 1 unspecified atom stereocenters. The lowest BCUT2D eigenvalue weighted by Gasteiger charge is -2.25. The van der Waals surface area contributed by atoms with Crippen molar-refractivity contribution in [3.05, 3.63) is 78.5 Å². The minimum atomic E-state index is -0.897. The van der Waals surface area contributed by atoms with Gasteiger partial charge in [0.05, 0.1) is 42.7 Å². The van der Waals surface area contributed by atoms with E-state index < -0.39 is 29.5 Å². The zero-order valence-electron chi connectivity index (χ0n) is 23.3. The predicted molar refractivity (Wildman–Crippen MR) is 149 cm³/mol. The minimum absolute atomic E-state index is 0.179. The zero-order chi connectivity index (χ0) is 29.8. The normalized spacial score (nSPS) is 14.6. The molecule has 0 bridgehead atoms. The summed E-state index contributed by atoms with van der Waals surface area (Å²) in [5.41, 5.74) is 1.32. The van der Waals surface area contributed by atoms with Crippen LogP contribution in [0.3, 0.4) is 0 Å². The molecule has 1 aliphatic heterocycles. The molecule has 0 spiro atoms. The van der Waals surface area contributed by atoms with Crippen molar-refractivity contribution in [2.45, 2.75) is 33.7 Å². The summed E-state index contributed by atoms with van der Waals surface area (Å²) >= 11 is 1.15. The quantitative estimate of drug-likeness (QED) is 0.291. The fraction of sp³-hybridized carbons (Fsp3) is 0.276. The van der Waals surface area contributed by atoms with Crippen LogP contribution >= 0.6 is 11.3 Å². The summed E-state index contributed by atoms with van der Waals surface area (Å²) in [5, 5.41) is 0. The summed E-state index contributed by atoms with van der Waals surface area (Å²) in [7, 11) is 2.67. The number of allylic oxidation sites excluding steroid dienone is 1. The van der Waals surface area contributed by atoms with Crippen LogP contribution in [0, 0.1) is 0 Å². The van der Waals surface area contributed by atoms with Gasteiger partial charge in [0.1, 0.15) is 0 Å². The van der Waals surface area contributed by atoms with Crippen molar-refractivity contribution < 1.29 is 38.1 Å². The van der Waals surface area contributed by atoms with Gasteiger partial charge < -0.3 is 23.7 Å². The first kappa shape index (κ1) is 29.3. The molecule has 214 valence electrons. The molecule has 2 heterocycles. The molecule has 4 rings (SSSR count). The first-order valence-electron chi connectivity index (χ1n) is 12.5. The molecule has 0 fully saturated rings. The van der Waals surface area contributed by atoms with Crippen molar-refractivity contribution in [2.75, 3.05) is 20.8 Å². The fourth-order valence-electron chi connectivity index (χ4n) is 4.37. The molecular weight excluding hydrogens is 552 g/mol. The maximum Gasteiger partial charge on any atom is 0.338 e. The Kier molecular flexibility index (Phi) is 8.72. The fourth-order valence-corrected chi connectivity index (χ4v) is 5.42. The van der Waals surface area contributed by atoms with Gasteiger partial charge in [-0.3, -0.25) is 19.0 Å². The molecule has 0 aliphatic carbocycles. The molecule has 0 radical (unpaired) electrons. The number of rotatable bonds is 8. The first-order chi connectivity index (χ1) is 19.6. The summed E-state index contributed by atoms with van der Waals surface area (Å²) in [6.45, 7) is 6.38. The highest BCUT2D eigenvalue weighted by molar-refractivity contribution is 7.07. The maximum absolute atomic E-state index is 13.9. The van der Waals surface area contributed by atoms with Gasteiger partial charge in [-0.15, -0.1) is 0 Å². The zero-order valence-corrected chi connectivity index (χ0v) is 24.1. The van der Waals surface area contributed by atoms with E-state index in [1.807, 2.05) is 0 Å². The second kappa shape index (κ2) is 12.2. The molecule has 0 amide bonds. The Morgan fingerprint density at radius 1 is 0.976 bits per heavy atom. The number of ether oxygens (including phenoxy) is 5. The third-order valence-electron chi connectivity index (χ3n) is 6.00. The standard InChI is InChI=1S/C29H28N2O9S/c1-7-38-23-12-18(8-10-21(23)40-17(4)33)13-24-27(34)31-26(25(28(35)37-6)15(2)30-29(31)41-24)19-9-11-20(39-16(3)32)22(14-19)36-5/h8-14,26H,7H2,1-6H3/b24-13-. The molecule has 11 nitrogen and oxygen atoms in total. The molecule has 41 heavy (non-hydrogen) atoms. The highest BCUT2D eigenvalue weighted by Gasteiger charge is 2.33. The molecule has 12 heteroatoms. The van der Waals surface area contributed by atoms with Crippen LogP contribution in [0.25, 0.3) is 6.08 Å². The van der Waals surface area contributed by atoms with E-state index in [1.54, 1.807) is 50.3 Å². The van der Waals surface area contributed by atoms with Gasteiger partial charge in [0, 0.05) is 13.8 Å². The molecule has 0 saturated carbocycles. The van der Waals surface area contributed by atoms with E-state index in [-0.39, 0.29) is 22.8 Å². The lowest BCUT2D eigenvalue weighted by Crippen LogP contribution is -2.39. The van der Waals surface area contributed by atoms with Crippen molar-refractivity contribution in [2.24, 2.45) is 4.99 Å². The van der Waals surface area contributed by atoms with Crippen LogP contribution < -0.4 is 33.8 Å². The number of aromatic nitrogens is 1. The Labute approximate surface area is 238 Å². The minimum Gasteiger partial charge on any atom is -0.493 e. The van der Waals surface area contributed by atoms with E-state index >= 15 is 0 Å². The Balaban J connectivity index is 1.90. The van der Waals surface area contributed by atoms with Gasteiger partial charge in [0.2, 0.25) is 0 Å². The lowest BCUT2D eigenvalue weighted by molar-refractivity contribution is -0.136. The second-order valence-corrected chi connectivity index (χ2v) is 9.82. The molecule has 1 aromatic heterocycles. The SMILES string of the molecule is CCOc1cc(/C=c2\sc3n(c2=O)C(c2ccc(OC(C)=O)c(OC)c2)C(C(=O)OC)=C(C)N=3)ccc1OC(C)=O. The molecule has 0 saturated heterocycles. The highest BCUT2D eigenvalue weighted by Crippen LogP contribution is 2.36. The molecule has 1 atom stereocenters. The van der Waals surface area contributed by atoms with E-state index in [2.05, 4.69) is 4.99 Å². The number of thiazole rings is 1. The number of methoxy groups -OCH3 is 2. The van der Waals surface area contributed by atoms with Gasteiger partial charge in [0.25, 0.3) is 5.56 Å². The third-order valence-corrected chi connectivity index (χ3v) is 6.99. The number of nitrogens with zero attached hydrogens (tertiary/aromatic N) is 2. The highest BCUT2D eigenvalue weighted by atomic mass is 32.1. The Hall–Kier alpha value is -4.71. The number of carbonyl (C=O) groups is 3. The topological polar surface area (TPSA) is 132 Å². The van der Waals surface area contributed by atoms with Crippen molar-refractivity contribution >= 4 is 35.3 Å². The van der Waals surface area contributed by atoms with Crippen molar-refractivity contribution in [3.63, 3.8) is 0 Å². The van der Waals surface area contributed by atoms with Crippen LogP contribution in [-0.4, -0.2) is 43.3 Å². The lowest BCUT2D eigenvalue weighted by atomic mass is 9.95. The van der Waals surface area contributed by atoms with Crippen molar-refractivity contribution in [1.82, 2.24) is 4.57 Å². The van der Waals surface area contributed by atoms with Crippen LogP contribution in [0.2, 0.25) is 0 Å². The third kappa shape index (κ3) is 6.07. The Morgan fingerprint density at radius 2 is 1.63 bits per heavy atom.